The number of likely N-dealkylation sites (N-methyl/N-ethyl adjacent to an activating group) is 1. The molecule has 59 heavy (non-hydrogen) atoms. The fraction of sp³-hybridized carbons (Fsp3) is 0.865. The summed E-state index contributed by atoms with van der Waals surface area (Å²) in [6.07, 6.45) is 40.1. The zero-order valence-electron chi connectivity index (χ0n) is 39.6. The molecule has 1 fully saturated rings. The molecule has 0 bridgehead atoms. The van der Waals surface area contributed by atoms with Crippen LogP contribution in [0, 0.1) is 0 Å². The van der Waals surface area contributed by atoms with Crippen molar-refractivity contribution in [3.63, 3.8) is 0 Å². The Labute approximate surface area is 365 Å². The Kier molecular flexibility index (Phi) is 35.0. The van der Waals surface area contributed by atoms with Crippen molar-refractivity contribution in [2.75, 3.05) is 59.6 Å². The van der Waals surface area contributed by atoms with Gasteiger partial charge in [0, 0.05) is 32.6 Å². The van der Waals surface area contributed by atoms with Gasteiger partial charge in [0.25, 0.3) is 0 Å². The van der Waals surface area contributed by atoms with Crippen molar-refractivity contribution in [3.8, 4) is 17.2 Å². The summed E-state index contributed by atoms with van der Waals surface area (Å²) in [6, 6.07) is 4.07. The average molecular weight is 829 g/mol. The number of benzene rings is 1. The molecular weight excluding hydrogens is 733 g/mol. The van der Waals surface area contributed by atoms with E-state index >= 15 is 0 Å². The number of carbonyl (C=O) groups excluding carboxylic acids is 1. The maximum absolute atomic E-state index is 12.9. The van der Waals surface area contributed by atoms with Crippen LogP contribution in [-0.4, -0.2) is 75.4 Å². The van der Waals surface area contributed by atoms with E-state index in [1.165, 1.54) is 173 Å². The molecule has 0 aliphatic carbocycles. The summed E-state index contributed by atoms with van der Waals surface area (Å²) in [5, 5.41) is 0. The summed E-state index contributed by atoms with van der Waals surface area (Å²) < 4.78 is 25.5. The normalized spacial score (nSPS) is 13.6. The molecular formula is C52H96N2O5. The number of hydrogen-bond acceptors (Lipinski definition) is 7. The summed E-state index contributed by atoms with van der Waals surface area (Å²) in [7, 11) is 2.18. The summed E-state index contributed by atoms with van der Waals surface area (Å²) in [6.45, 7) is 14.3. The van der Waals surface area contributed by atoms with E-state index in [1.807, 2.05) is 12.1 Å². The number of carbonyl (C=O) groups is 1. The van der Waals surface area contributed by atoms with Crippen molar-refractivity contribution in [1.82, 2.24) is 9.80 Å². The summed E-state index contributed by atoms with van der Waals surface area (Å²) in [5.41, 5.74) is 0.903. The van der Waals surface area contributed by atoms with Crippen molar-refractivity contribution < 1.29 is 23.7 Å². The number of esters is 1. The molecule has 344 valence electrons. The first-order valence-electron chi connectivity index (χ1n) is 25.7. The van der Waals surface area contributed by atoms with E-state index in [1.54, 1.807) is 0 Å². The SMILES string of the molecule is CCCCCCCCCCCCOc1cc(COC(=O)CCCN2CCN(C)CC2)cc(OCCCCCCCCCCCC)c1OCCCCCCCCCCCC. The lowest BCUT2D eigenvalue weighted by Gasteiger charge is -2.32. The van der Waals surface area contributed by atoms with Gasteiger partial charge in [-0.15, -0.1) is 0 Å². The van der Waals surface area contributed by atoms with Crippen molar-refractivity contribution in [3.05, 3.63) is 17.7 Å². The van der Waals surface area contributed by atoms with Crippen LogP contribution in [0.2, 0.25) is 0 Å². The molecule has 1 heterocycles. The zero-order valence-corrected chi connectivity index (χ0v) is 39.6. The van der Waals surface area contributed by atoms with Crippen molar-refractivity contribution in [2.24, 2.45) is 0 Å². The first-order valence-corrected chi connectivity index (χ1v) is 25.7. The molecule has 0 aromatic heterocycles. The molecule has 7 heteroatoms. The van der Waals surface area contributed by atoms with Gasteiger partial charge in [-0.05, 0) is 57.0 Å². The van der Waals surface area contributed by atoms with Crippen LogP contribution in [-0.2, 0) is 16.1 Å². The van der Waals surface area contributed by atoms with E-state index in [0.717, 1.165) is 81.2 Å². The van der Waals surface area contributed by atoms with Gasteiger partial charge < -0.3 is 28.7 Å². The fourth-order valence-electron chi connectivity index (χ4n) is 8.13. The van der Waals surface area contributed by atoms with Gasteiger partial charge >= 0.3 is 5.97 Å². The molecule has 2 rings (SSSR count). The second kappa shape index (κ2) is 38.9. The molecule has 0 amide bonds. The second-order valence-electron chi connectivity index (χ2n) is 17.9. The van der Waals surface area contributed by atoms with Crippen LogP contribution < -0.4 is 14.2 Å². The number of unbranched alkanes of at least 4 members (excludes halogenated alkanes) is 27. The van der Waals surface area contributed by atoms with Gasteiger partial charge in [0.05, 0.1) is 19.8 Å². The number of hydrogen-bond donors (Lipinski definition) is 0. The van der Waals surface area contributed by atoms with Gasteiger partial charge in [-0.2, -0.15) is 0 Å². The van der Waals surface area contributed by atoms with Crippen LogP contribution in [0.3, 0.4) is 0 Å². The molecule has 0 N–H and O–H groups in total. The molecule has 0 unspecified atom stereocenters. The molecule has 0 saturated carbocycles. The molecule has 0 atom stereocenters. The summed E-state index contributed by atoms with van der Waals surface area (Å²) in [5.74, 6) is 2.05. The molecule has 1 aromatic rings. The third kappa shape index (κ3) is 29.8. The Morgan fingerprint density at radius 3 is 1.22 bits per heavy atom. The Morgan fingerprint density at radius 2 is 0.831 bits per heavy atom. The molecule has 1 aliphatic heterocycles. The maximum atomic E-state index is 12.9. The lowest BCUT2D eigenvalue weighted by molar-refractivity contribution is -0.145. The number of piperazine rings is 1. The Bertz CT molecular complexity index is 1040. The largest absolute Gasteiger partial charge is 0.490 e. The van der Waals surface area contributed by atoms with Gasteiger partial charge in [-0.25, -0.2) is 0 Å². The van der Waals surface area contributed by atoms with Crippen molar-refractivity contribution in [1.29, 1.82) is 0 Å². The van der Waals surface area contributed by atoms with Crippen LogP contribution in [0.1, 0.15) is 232 Å². The quantitative estimate of drug-likeness (QED) is 0.0480. The van der Waals surface area contributed by atoms with Crippen LogP contribution in [0.5, 0.6) is 17.2 Å². The second-order valence-corrected chi connectivity index (χ2v) is 17.9. The van der Waals surface area contributed by atoms with Crippen molar-refractivity contribution in [2.45, 2.75) is 233 Å². The lowest BCUT2D eigenvalue weighted by atomic mass is 10.1. The number of ether oxygens (including phenoxy) is 4. The van der Waals surface area contributed by atoms with Crippen LogP contribution in [0.4, 0.5) is 0 Å². The van der Waals surface area contributed by atoms with E-state index in [0.29, 0.717) is 26.2 Å². The van der Waals surface area contributed by atoms with Crippen LogP contribution in [0.15, 0.2) is 12.1 Å². The van der Waals surface area contributed by atoms with E-state index < -0.39 is 0 Å². The third-order valence-corrected chi connectivity index (χ3v) is 12.2. The highest BCUT2D eigenvalue weighted by Gasteiger charge is 2.18. The van der Waals surface area contributed by atoms with Crippen LogP contribution in [0.25, 0.3) is 0 Å². The van der Waals surface area contributed by atoms with Gasteiger partial charge in [-0.3, -0.25) is 4.79 Å². The van der Waals surface area contributed by atoms with E-state index in [2.05, 4.69) is 37.6 Å². The highest BCUT2D eigenvalue weighted by molar-refractivity contribution is 5.69. The van der Waals surface area contributed by atoms with Gasteiger partial charge in [0.15, 0.2) is 11.5 Å². The average Bonchev–Trinajstić information content (AvgIpc) is 3.24. The Morgan fingerprint density at radius 1 is 0.475 bits per heavy atom. The maximum Gasteiger partial charge on any atom is 0.306 e. The number of nitrogens with zero attached hydrogens (tertiary/aromatic N) is 2. The fourth-order valence-corrected chi connectivity index (χ4v) is 8.13. The minimum atomic E-state index is -0.138. The highest BCUT2D eigenvalue weighted by Crippen LogP contribution is 2.40. The highest BCUT2D eigenvalue weighted by atomic mass is 16.5. The predicted molar refractivity (Wildman–Crippen MR) is 251 cm³/mol. The van der Waals surface area contributed by atoms with Gasteiger partial charge in [0.1, 0.15) is 6.61 Å². The first kappa shape index (κ1) is 53.1. The monoisotopic (exact) mass is 829 g/mol. The zero-order chi connectivity index (χ0) is 42.3. The van der Waals surface area contributed by atoms with Gasteiger partial charge in [0.2, 0.25) is 5.75 Å². The Balaban J connectivity index is 2.00. The predicted octanol–water partition coefficient (Wildman–Crippen LogP) is 14.7. The Hall–Kier alpha value is -1.99. The van der Waals surface area contributed by atoms with E-state index in [9.17, 15) is 4.79 Å². The third-order valence-electron chi connectivity index (χ3n) is 12.2. The minimum Gasteiger partial charge on any atom is -0.490 e. The summed E-state index contributed by atoms with van der Waals surface area (Å²) >= 11 is 0. The molecule has 0 radical (unpaired) electrons. The van der Waals surface area contributed by atoms with E-state index in [-0.39, 0.29) is 12.6 Å². The minimum absolute atomic E-state index is 0.138. The standard InChI is InChI=1S/C52H96N2O5/c1-5-8-11-14-17-20-23-26-29-32-42-56-49-45-48(47-59-51(55)36-35-37-54-40-38-53(4)39-41-54)46-50(57-43-33-30-27-24-21-18-15-12-9-6-2)52(49)58-44-34-31-28-25-22-19-16-13-10-7-3/h45-46H,5-44,47H2,1-4H3. The van der Waals surface area contributed by atoms with E-state index in [4.69, 9.17) is 18.9 Å². The first-order chi connectivity index (χ1) is 29.1. The molecule has 7 nitrogen and oxygen atoms in total. The molecule has 1 saturated heterocycles. The molecule has 1 aromatic carbocycles. The van der Waals surface area contributed by atoms with Gasteiger partial charge in [-0.1, -0.05) is 194 Å². The van der Waals surface area contributed by atoms with Crippen LogP contribution >= 0.6 is 0 Å². The molecule has 0 spiro atoms. The molecule has 1 aliphatic rings. The summed E-state index contributed by atoms with van der Waals surface area (Å²) in [4.78, 5) is 17.7. The topological polar surface area (TPSA) is 60.5 Å². The lowest BCUT2D eigenvalue weighted by Crippen LogP contribution is -2.44. The van der Waals surface area contributed by atoms with Crippen molar-refractivity contribution >= 4 is 5.97 Å². The smallest absolute Gasteiger partial charge is 0.306 e. The number of rotatable bonds is 42.